The zero-order valence-corrected chi connectivity index (χ0v) is 12.1. The second-order valence-electron chi connectivity index (χ2n) is 4.38. The van der Waals surface area contributed by atoms with Gasteiger partial charge in [0, 0.05) is 16.0 Å². The zero-order valence-electron chi connectivity index (χ0n) is 10.5. The Morgan fingerprint density at radius 3 is 2.53 bits per heavy atom. The lowest BCUT2D eigenvalue weighted by Gasteiger charge is -2.22. The van der Waals surface area contributed by atoms with Crippen LogP contribution in [0.3, 0.4) is 0 Å². The molecular weight excluding hydrogens is 281 g/mol. The van der Waals surface area contributed by atoms with E-state index in [1.165, 1.54) is 23.9 Å². The van der Waals surface area contributed by atoms with E-state index in [-0.39, 0.29) is 17.1 Å². The van der Waals surface area contributed by atoms with E-state index < -0.39 is 0 Å². The van der Waals surface area contributed by atoms with Crippen LogP contribution in [0.4, 0.5) is 4.39 Å². The van der Waals surface area contributed by atoms with Crippen molar-refractivity contribution in [1.82, 2.24) is 0 Å². The van der Waals surface area contributed by atoms with Crippen molar-refractivity contribution in [3.05, 3.63) is 64.9 Å². The third kappa shape index (κ3) is 3.72. The fraction of sp³-hybridized carbons (Fsp3) is 0.200. The van der Waals surface area contributed by atoms with E-state index in [1.807, 2.05) is 37.3 Å². The first-order valence-corrected chi connectivity index (χ1v) is 7.26. The summed E-state index contributed by atoms with van der Waals surface area (Å²) in [5.74, 6) is -0.243. The molecule has 0 heterocycles. The molecule has 0 bridgehead atoms. The normalized spacial score (nSPS) is 14.1. The number of hydrogen-bond donors (Lipinski definition) is 1. The van der Waals surface area contributed by atoms with Gasteiger partial charge in [0.2, 0.25) is 0 Å². The summed E-state index contributed by atoms with van der Waals surface area (Å²) in [4.78, 5) is 0.849. The Morgan fingerprint density at radius 2 is 1.89 bits per heavy atom. The molecule has 0 aliphatic carbocycles. The fourth-order valence-corrected chi connectivity index (χ4v) is 3.34. The smallest absolute Gasteiger partial charge is 0.124 e. The van der Waals surface area contributed by atoms with E-state index in [4.69, 9.17) is 17.3 Å². The van der Waals surface area contributed by atoms with Crippen LogP contribution in [0.5, 0.6) is 0 Å². The van der Waals surface area contributed by atoms with E-state index in [9.17, 15) is 4.39 Å². The van der Waals surface area contributed by atoms with Crippen molar-refractivity contribution >= 4 is 23.4 Å². The van der Waals surface area contributed by atoms with E-state index >= 15 is 0 Å². The summed E-state index contributed by atoms with van der Waals surface area (Å²) in [5, 5.41) is 0.684. The van der Waals surface area contributed by atoms with Crippen molar-refractivity contribution < 1.29 is 4.39 Å². The summed E-state index contributed by atoms with van der Waals surface area (Å²) in [5.41, 5.74) is 7.03. The van der Waals surface area contributed by atoms with Crippen LogP contribution in [-0.4, -0.2) is 6.04 Å². The Hall–Kier alpha value is -1.03. The van der Waals surface area contributed by atoms with Gasteiger partial charge in [0.05, 0.1) is 5.25 Å². The monoisotopic (exact) mass is 295 g/mol. The van der Waals surface area contributed by atoms with E-state index in [1.54, 1.807) is 6.07 Å². The van der Waals surface area contributed by atoms with Crippen molar-refractivity contribution in [2.24, 2.45) is 5.73 Å². The molecule has 4 heteroatoms. The second kappa shape index (κ2) is 6.42. The summed E-state index contributed by atoms with van der Waals surface area (Å²) in [6, 6.07) is 14.0. The van der Waals surface area contributed by atoms with E-state index in [0.29, 0.717) is 5.02 Å². The molecule has 2 rings (SSSR count). The average molecular weight is 296 g/mol. The van der Waals surface area contributed by atoms with Gasteiger partial charge >= 0.3 is 0 Å². The summed E-state index contributed by atoms with van der Waals surface area (Å²) in [7, 11) is 0. The molecule has 0 amide bonds. The molecule has 0 aliphatic heterocycles. The molecule has 100 valence electrons. The van der Waals surface area contributed by atoms with Crippen LogP contribution in [0.2, 0.25) is 5.02 Å². The van der Waals surface area contributed by atoms with E-state index in [0.717, 1.165) is 10.5 Å². The Balaban J connectivity index is 2.29. The number of nitrogens with two attached hydrogens (primary N) is 1. The van der Waals surface area contributed by atoms with Crippen LogP contribution in [0.1, 0.15) is 17.7 Å². The lowest BCUT2D eigenvalue weighted by molar-refractivity contribution is 0.624. The predicted molar refractivity (Wildman–Crippen MR) is 80.1 cm³/mol. The molecule has 2 aromatic rings. The molecule has 19 heavy (non-hydrogen) atoms. The summed E-state index contributed by atoms with van der Waals surface area (Å²) < 4.78 is 13.2. The first-order chi connectivity index (χ1) is 9.08. The molecule has 2 unspecified atom stereocenters. The van der Waals surface area contributed by atoms with Crippen molar-refractivity contribution in [3.63, 3.8) is 0 Å². The van der Waals surface area contributed by atoms with Crippen molar-refractivity contribution in [3.8, 4) is 0 Å². The Morgan fingerprint density at radius 1 is 1.16 bits per heavy atom. The maximum atomic E-state index is 13.2. The maximum absolute atomic E-state index is 13.2. The SMILES string of the molecule is CC(N)C(Sc1cccc(F)c1)c1ccccc1Cl. The summed E-state index contributed by atoms with van der Waals surface area (Å²) in [6.45, 7) is 1.93. The van der Waals surface area contributed by atoms with Gasteiger partial charge in [-0.25, -0.2) is 4.39 Å². The van der Waals surface area contributed by atoms with Gasteiger partial charge in [0.15, 0.2) is 0 Å². The van der Waals surface area contributed by atoms with Crippen molar-refractivity contribution in [2.75, 3.05) is 0 Å². The van der Waals surface area contributed by atoms with Gasteiger partial charge in [-0.1, -0.05) is 35.9 Å². The largest absolute Gasteiger partial charge is 0.327 e. The lowest BCUT2D eigenvalue weighted by Crippen LogP contribution is -2.22. The Bertz CT molecular complexity index is 559. The average Bonchev–Trinajstić information content (AvgIpc) is 2.37. The molecule has 2 aromatic carbocycles. The summed E-state index contributed by atoms with van der Waals surface area (Å²) in [6.07, 6.45) is 0. The van der Waals surface area contributed by atoms with Gasteiger partial charge in [-0.05, 0) is 36.8 Å². The molecule has 0 fully saturated rings. The van der Waals surface area contributed by atoms with Gasteiger partial charge in [0.1, 0.15) is 5.82 Å². The summed E-state index contributed by atoms with van der Waals surface area (Å²) >= 11 is 7.75. The van der Waals surface area contributed by atoms with Crippen LogP contribution < -0.4 is 5.73 Å². The number of hydrogen-bond acceptors (Lipinski definition) is 2. The van der Waals surface area contributed by atoms with Crippen LogP contribution in [0.25, 0.3) is 0 Å². The van der Waals surface area contributed by atoms with Crippen molar-refractivity contribution in [2.45, 2.75) is 23.1 Å². The minimum atomic E-state index is -0.243. The second-order valence-corrected chi connectivity index (χ2v) is 6.00. The minimum Gasteiger partial charge on any atom is -0.327 e. The number of thioether (sulfide) groups is 1. The highest BCUT2D eigenvalue weighted by Crippen LogP contribution is 2.40. The van der Waals surface area contributed by atoms with E-state index in [2.05, 4.69) is 0 Å². The Labute approximate surface area is 122 Å². The fourth-order valence-electron chi connectivity index (χ4n) is 1.85. The first kappa shape index (κ1) is 14.4. The molecule has 0 saturated heterocycles. The molecule has 0 aromatic heterocycles. The molecule has 0 radical (unpaired) electrons. The number of benzene rings is 2. The van der Waals surface area contributed by atoms with Gasteiger partial charge in [-0.2, -0.15) is 0 Å². The van der Waals surface area contributed by atoms with Gasteiger partial charge < -0.3 is 5.73 Å². The zero-order chi connectivity index (χ0) is 13.8. The number of rotatable bonds is 4. The molecule has 2 atom stereocenters. The molecule has 0 saturated carbocycles. The van der Waals surface area contributed by atoms with Gasteiger partial charge in [-0.3, -0.25) is 0 Å². The standard InChI is InChI=1S/C15H15ClFNS/c1-10(18)15(13-7-2-3-8-14(13)16)19-12-6-4-5-11(17)9-12/h2-10,15H,18H2,1H3. The number of halogens is 2. The predicted octanol–water partition coefficient (Wildman–Crippen LogP) is 4.66. The molecule has 2 N–H and O–H groups in total. The molecule has 0 spiro atoms. The molecular formula is C15H15ClFNS. The maximum Gasteiger partial charge on any atom is 0.124 e. The van der Waals surface area contributed by atoms with Crippen LogP contribution in [0.15, 0.2) is 53.4 Å². The lowest BCUT2D eigenvalue weighted by atomic mass is 10.1. The topological polar surface area (TPSA) is 26.0 Å². The van der Waals surface area contributed by atoms with Crippen molar-refractivity contribution in [1.29, 1.82) is 0 Å². The quantitative estimate of drug-likeness (QED) is 0.830. The van der Waals surface area contributed by atoms with Gasteiger partial charge in [0.25, 0.3) is 0 Å². The molecule has 1 nitrogen and oxygen atoms in total. The van der Waals surface area contributed by atoms with Crippen LogP contribution >= 0.6 is 23.4 Å². The van der Waals surface area contributed by atoms with Crippen LogP contribution in [-0.2, 0) is 0 Å². The Kier molecular flexibility index (Phi) is 4.86. The first-order valence-electron chi connectivity index (χ1n) is 6.00. The van der Waals surface area contributed by atoms with Gasteiger partial charge in [-0.15, -0.1) is 11.8 Å². The highest BCUT2D eigenvalue weighted by Gasteiger charge is 2.20. The highest BCUT2D eigenvalue weighted by atomic mass is 35.5. The molecule has 0 aliphatic rings. The minimum absolute atomic E-state index is 0.00417. The third-order valence-electron chi connectivity index (χ3n) is 2.75. The van der Waals surface area contributed by atoms with Crippen LogP contribution in [0, 0.1) is 5.82 Å². The highest BCUT2D eigenvalue weighted by molar-refractivity contribution is 7.99. The third-order valence-corrected chi connectivity index (χ3v) is 4.56.